The molecule has 0 radical (unpaired) electrons. The summed E-state index contributed by atoms with van der Waals surface area (Å²) < 4.78 is 6.50. The topological polar surface area (TPSA) is 64.4 Å². The van der Waals surface area contributed by atoms with Crippen molar-refractivity contribution in [1.82, 2.24) is 0 Å². The fourth-order valence-electron chi connectivity index (χ4n) is 1.83. The number of hydrogen-bond donors (Lipinski definition) is 2. The van der Waals surface area contributed by atoms with Crippen LogP contribution < -0.4 is 11.1 Å². The molecule has 1 aliphatic heterocycles. The Morgan fingerprint density at radius 3 is 2.61 bits per heavy atom. The molecule has 0 spiro atoms. The monoisotopic (exact) mass is 334 g/mol. The van der Waals surface area contributed by atoms with E-state index in [0.717, 1.165) is 23.0 Å². The van der Waals surface area contributed by atoms with Gasteiger partial charge < -0.3 is 15.8 Å². The minimum atomic E-state index is -0.368. The third-order valence-electron chi connectivity index (χ3n) is 2.77. The largest absolute Gasteiger partial charge is 0.364 e. The van der Waals surface area contributed by atoms with Crippen LogP contribution in [-0.2, 0) is 9.53 Å². The predicted octanol–water partition coefficient (Wildman–Crippen LogP) is 2.32. The van der Waals surface area contributed by atoms with Gasteiger partial charge in [-0.15, -0.1) is 12.4 Å². The Morgan fingerprint density at radius 2 is 2.06 bits per heavy atom. The second-order valence-corrected chi connectivity index (χ2v) is 4.97. The molecule has 18 heavy (non-hydrogen) atoms. The Balaban J connectivity index is 0.00000162. The summed E-state index contributed by atoms with van der Waals surface area (Å²) in [4.78, 5) is 11.9. The average Bonchev–Trinajstić information content (AvgIpc) is 2.81. The van der Waals surface area contributed by atoms with E-state index in [0.29, 0.717) is 6.54 Å². The van der Waals surface area contributed by atoms with Gasteiger partial charge in [-0.3, -0.25) is 4.79 Å². The van der Waals surface area contributed by atoms with Crippen LogP contribution in [0.1, 0.15) is 12.8 Å². The molecule has 0 unspecified atom stereocenters. The van der Waals surface area contributed by atoms with E-state index in [1.807, 2.05) is 24.3 Å². The number of rotatable bonds is 3. The Hall–Kier alpha value is -0.620. The molecule has 2 rings (SSSR count). The van der Waals surface area contributed by atoms with Crippen LogP contribution >= 0.6 is 28.3 Å². The zero-order chi connectivity index (χ0) is 12.3. The van der Waals surface area contributed by atoms with Crippen molar-refractivity contribution in [2.45, 2.75) is 25.0 Å². The third kappa shape index (κ3) is 3.95. The van der Waals surface area contributed by atoms with Gasteiger partial charge in [-0.1, -0.05) is 15.9 Å². The highest BCUT2D eigenvalue weighted by molar-refractivity contribution is 9.10. The molecule has 1 amide bonds. The predicted molar refractivity (Wildman–Crippen MR) is 77.0 cm³/mol. The molecule has 1 saturated heterocycles. The minimum Gasteiger partial charge on any atom is -0.364 e. The van der Waals surface area contributed by atoms with Crippen molar-refractivity contribution in [3.05, 3.63) is 28.7 Å². The molecule has 4 nitrogen and oxygen atoms in total. The molecule has 0 aliphatic carbocycles. The second kappa shape index (κ2) is 7.09. The van der Waals surface area contributed by atoms with Gasteiger partial charge in [0.15, 0.2) is 0 Å². The van der Waals surface area contributed by atoms with Crippen molar-refractivity contribution in [1.29, 1.82) is 0 Å². The summed E-state index contributed by atoms with van der Waals surface area (Å²) in [6, 6.07) is 7.45. The summed E-state index contributed by atoms with van der Waals surface area (Å²) in [7, 11) is 0. The Labute approximate surface area is 121 Å². The highest BCUT2D eigenvalue weighted by atomic mass is 79.9. The Morgan fingerprint density at radius 1 is 1.39 bits per heavy atom. The molecule has 3 N–H and O–H groups in total. The zero-order valence-corrected chi connectivity index (χ0v) is 12.2. The smallest absolute Gasteiger partial charge is 0.253 e. The summed E-state index contributed by atoms with van der Waals surface area (Å²) >= 11 is 3.34. The van der Waals surface area contributed by atoms with Gasteiger partial charge in [0.2, 0.25) is 0 Å². The van der Waals surface area contributed by atoms with Gasteiger partial charge in [0.1, 0.15) is 6.10 Å². The number of halogens is 2. The number of ether oxygens (including phenoxy) is 1. The first kappa shape index (κ1) is 15.4. The summed E-state index contributed by atoms with van der Waals surface area (Å²) in [5.41, 5.74) is 6.28. The van der Waals surface area contributed by atoms with Gasteiger partial charge in [0.05, 0.1) is 6.10 Å². The lowest BCUT2D eigenvalue weighted by Gasteiger charge is -2.12. The van der Waals surface area contributed by atoms with Crippen molar-refractivity contribution in [2.24, 2.45) is 5.73 Å². The Bertz CT molecular complexity index is 400. The average molecular weight is 336 g/mol. The molecule has 0 aromatic heterocycles. The number of carbonyl (C=O) groups excluding carboxylic acids is 1. The highest BCUT2D eigenvalue weighted by Gasteiger charge is 2.29. The lowest BCUT2D eigenvalue weighted by molar-refractivity contribution is -0.126. The molecule has 100 valence electrons. The fraction of sp³-hybridized carbons (Fsp3) is 0.417. The van der Waals surface area contributed by atoms with E-state index in [-0.39, 0.29) is 30.5 Å². The molecule has 1 heterocycles. The third-order valence-corrected chi connectivity index (χ3v) is 3.30. The van der Waals surface area contributed by atoms with Crippen molar-refractivity contribution in [3.63, 3.8) is 0 Å². The van der Waals surface area contributed by atoms with Gasteiger partial charge in [0, 0.05) is 16.7 Å². The standard InChI is InChI=1S/C12H15BrN2O2.ClH/c13-8-1-3-9(4-2-8)15-12(16)11-6-5-10(7-14)17-11;/h1-4,10-11H,5-7,14H2,(H,15,16);1H/t10-,11+;/m1./s1. The molecule has 0 bridgehead atoms. The van der Waals surface area contributed by atoms with Crippen LogP contribution in [0, 0.1) is 0 Å². The van der Waals surface area contributed by atoms with Crippen LogP contribution in [0.15, 0.2) is 28.7 Å². The number of carbonyl (C=O) groups is 1. The summed E-state index contributed by atoms with van der Waals surface area (Å²) in [6.07, 6.45) is 1.25. The van der Waals surface area contributed by atoms with Gasteiger partial charge in [-0.05, 0) is 37.1 Å². The van der Waals surface area contributed by atoms with E-state index in [1.165, 1.54) is 0 Å². The fourth-order valence-corrected chi connectivity index (χ4v) is 2.09. The summed E-state index contributed by atoms with van der Waals surface area (Å²) in [5, 5.41) is 2.83. The number of anilines is 1. The van der Waals surface area contributed by atoms with E-state index in [9.17, 15) is 4.79 Å². The van der Waals surface area contributed by atoms with Gasteiger partial charge in [-0.2, -0.15) is 0 Å². The van der Waals surface area contributed by atoms with Crippen LogP contribution in [0.25, 0.3) is 0 Å². The minimum absolute atomic E-state index is 0. The van der Waals surface area contributed by atoms with E-state index in [4.69, 9.17) is 10.5 Å². The number of nitrogens with one attached hydrogen (secondary N) is 1. The summed E-state index contributed by atoms with van der Waals surface area (Å²) in [6.45, 7) is 0.474. The van der Waals surface area contributed by atoms with Gasteiger partial charge in [-0.25, -0.2) is 0 Å². The molecule has 1 aromatic carbocycles. The molecule has 1 aromatic rings. The van der Waals surface area contributed by atoms with E-state index >= 15 is 0 Å². The number of benzene rings is 1. The lowest BCUT2D eigenvalue weighted by atomic mass is 10.2. The van der Waals surface area contributed by atoms with Gasteiger partial charge in [0.25, 0.3) is 5.91 Å². The first-order chi connectivity index (χ1) is 8.19. The molecule has 1 aliphatic rings. The first-order valence-electron chi connectivity index (χ1n) is 5.61. The first-order valence-corrected chi connectivity index (χ1v) is 6.40. The van der Waals surface area contributed by atoms with E-state index in [1.54, 1.807) is 0 Å². The van der Waals surface area contributed by atoms with Crippen molar-refractivity contribution in [3.8, 4) is 0 Å². The normalized spacial score (nSPS) is 22.3. The van der Waals surface area contributed by atoms with Crippen LogP contribution in [0.3, 0.4) is 0 Å². The molecular weight excluding hydrogens is 320 g/mol. The maximum absolute atomic E-state index is 11.9. The molecule has 1 fully saturated rings. The molecule has 6 heteroatoms. The van der Waals surface area contributed by atoms with E-state index < -0.39 is 0 Å². The maximum Gasteiger partial charge on any atom is 0.253 e. The van der Waals surface area contributed by atoms with Crippen LogP contribution in [0.5, 0.6) is 0 Å². The number of amides is 1. The molecule has 2 atom stereocenters. The van der Waals surface area contributed by atoms with Crippen LogP contribution in [-0.4, -0.2) is 24.7 Å². The zero-order valence-electron chi connectivity index (χ0n) is 9.77. The quantitative estimate of drug-likeness (QED) is 0.891. The number of nitrogens with two attached hydrogens (primary N) is 1. The van der Waals surface area contributed by atoms with Crippen molar-refractivity contribution in [2.75, 3.05) is 11.9 Å². The van der Waals surface area contributed by atoms with Crippen LogP contribution in [0.2, 0.25) is 0 Å². The SMILES string of the molecule is Cl.NC[C@H]1CC[C@@H](C(=O)Nc2ccc(Br)cc2)O1. The molecular formula is C12H16BrClN2O2. The Kier molecular flexibility index (Phi) is 6.08. The van der Waals surface area contributed by atoms with E-state index in [2.05, 4.69) is 21.2 Å². The maximum atomic E-state index is 11.9. The summed E-state index contributed by atoms with van der Waals surface area (Å²) in [5.74, 6) is -0.0942. The van der Waals surface area contributed by atoms with Crippen molar-refractivity contribution >= 4 is 39.9 Å². The molecule has 0 saturated carbocycles. The highest BCUT2D eigenvalue weighted by Crippen LogP contribution is 2.21. The van der Waals surface area contributed by atoms with Crippen LogP contribution in [0.4, 0.5) is 5.69 Å². The van der Waals surface area contributed by atoms with Crippen molar-refractivity contribution < 1.29 is 9.53 Å². The second-order valence-electron chi connectivity index (χ2n) is 4.06. The van der Waals surface area contributed by atoms with Gasteiger partial charge >= 0.3 is 0 Å². The number of hydrogen-bond acceptors (Lipinski definition) is 3. The lowest BCUT2D eigenvalue weighted by Crippen LogP contribution is -2.29.